The van der Waals surface area contributed by atoms with E-state index in [9.17, 15) is 18.3 Å². The van der Waals surface area contributed by atoms with Gasteiger partial charge in [-0.1, -0.05) is 51.1 Å². The molecule has 0 saturated carbocycles. The lowest BCUT2D eigenvalue weighted by Gasteiger charge is -2.31. The molecule has 3 N–H and O–H groups in total. The monoisotopic (exact) mass is 498 g/mol. The molecule has 1 unspecified atom stereocenters. The van der Waals surface area contributed by atoms with Gasteiger partial charge in [0, 0.05) is 24.7 Å². The number of benzene rings is 1. The van der Waals surface area contributed by atoms with Gasteiger partial charge in [0.2, 0.25) is 0 Å². The summed E-state index contributed by atoms with van der Waals surface area (Å²) in [5, 5.41) is 19.0. The highest BCUT2D eigenvalue weighted by molar-refractivity contribution is 5.84. The summed E-state index contributed by atoms with van der Waals surface area (Å²) in [4.78, 5) is 6.15. The maximum Gasteiger partial charge on any atom is 0.408 e. The highest BCUT2D eigenvalue weighted by atomic mass is 19.4. The van der Waals surface area contributed by atoms with Crippen molar-refractivity contribution in [2.75, 3.05) is 19.7 Å². The largest absolute Gasteiger partial charge is 0.408 e. The molecule has 4 aromatic rings. The number of hydrogen-bond acceptors (Lipinski definition) is 6. The molecule has 0 amide bonds. The molecule has 0 aliphatic carbocycles. The van der Waals surface area contributed by atoms with Crippen LogP contribution < -0.4 is 5.73 Å². The van der Waals surface area contributed by atoms with Crippen molar-refractivity contribution in [2.45, 2.75) is 50.4 Å². The van der Waals surface area contributed by atoms with Gasteiger partial charge in [-0.2, -0.15) is 13.2 Å². The Bertz CT molecular complexity index is 1430. The number of nitrogens with zero attached hydrogens (tertiary/aromatic N) is 5. The van der Waals surface area contributed by atoms with E-state index in [0.29, 0.717) is 17.2 Å². The van der Waals surface area contributed by atoms with E-state index in [4.69, 9.17) is 10.7 Å². The maximum absolute atomic E-state index is 14.3. The number of para-hydroxylation sites is 1. The molecule has 2 atom stereocenters. The molecule has 1 aromatic carbocycles. The van der Waals surface area contributed by atoms with Crippen molar-refractivity contribution in [1.82, 2.24) is 24.5 Å². The minimum Gasteiger partial charge on any atom is -0.394 e. The summed E-state index contributed by atoms with van der Waals surface area (Å²) < 4.78 is 44.4. The summed E-state index contributed by atoms with van der Waals surface area (Å²) in [6, 6.07) is 10.8. The molecule has 7 nitrogen and oxygen atoms in total. The predicted molar refractivity (Wildman–Crippen MR) is 131 cm³/mol. The molecule has 1 aliphatic rings. The number of hydrogen-bond donors (Lipinski definition) is 2. The van der Waals surface area contributed by atoms with Crippen LogP contribution in [0, 0.1) is 0 Å². The van der Waals surface area contributed by atoms with Crippen LogP contribution in [0.2, 0.25) is 0 Å². The lowest BCUT2D eigenvalue weighted by Crippen LogP contribution is -2.48. The minimum atomic E-state index is -4.54. The molecule has 0 bridgehead atoms. The van der Waals surface area contributed by atoms with Crippen LogP contribution in [-0.4, -0.2) is 61.0 Å². The summed E-state index contributed by atoms with van der Waals surface area (Å²) in [5.41, 5.74) is 7.77. The Morgan fingerprint density at radius 3 is 2.53 bits per heavy atom. The first kappa shape index (κ1) is 24.6. The zero-order valence-electron chi connectivity index (χ0n) is 20.4. The van der Waals surface area contributed by atoms with E-state index >= 15 is 0 Å². The van der Waals surface area contributed by atoms with Crippen LogP contribution in [-0.2, 0) is 5.41 Å². The van der Waals surface area contributed by atoms with Crippen LogP contribution in [0.5, 0.6) is 0 Å². The van der Waals surface area contributed by atoms with E-state index < -0.39 is 17.8 Å². The number of aliphatic hydroxyl groups is 1. The van der Waals surface area contributed by atoms with Crippen molar-refractivity contribution in [3.8, 4) is 11.5 Å². The van der Waals surface area contributed by atoms with Gasteiger partial charge in [0.05, 0.1) is 17.7 Å². The number of rotatable bonds is 4. The number of nitrogens with two attached hydrogens (primary N) is 1. The van der Waals surface area contributed by atoms with Gasteiger partial charge in [-0.25, -0.2) is 4.98 Å². The number of aliphatic hydroxyl groups excluding tert-OH is 1. The van der Waals surface area contributed by atoms with Gasteiger partial charge in [0.25, 0.3) is 0 Å². The Morgan fingerprint density at radius 2 is 1.86 bits per heavy atom. The highest BCUT2D eigenvalue weighted by Crippen LogP contribution is 2.41. The fraction of sp³-hybridized carbons (Fsp3) is 0.423. The SMILES string of the molecule is CC(C)(C)c1cccc2ccc(-c3nnc4ccc([C@@H](N5CCC(N)(CO)C5)C(F)(F)F)cn34)nc12. The predicted octanol–water partition coefficient (Wildman–Crippen LogP) is 4.24. The van der Waals surface area contributed by atoms with E-state index in [0.717, 1.165) is 16.5 Å². The Morgan fingerprint density at radius 1 is 1.08 bits per heavy atom. The Hall–Kier alpha value is -3.08. The van der Waals surface area contributed by atoms with Gasteiger partial charge in [0.1, 0.15) is 11.7 Å². The zero-order valence-corrected chi connectivity index (χ0v) is 20.4. The molecule has 0 radical (unpaired) electrons. The second-order valence-corrected chi connectivity index (χ2v) is 10.7. The Labute approximate surface area is 206 Å². The molecule has 1 aliphatic heterocycles. The maximum atomic E-state index is 14.3. The van der Waals surface area contributed by atoms with Crippen molar-refractivity contribution in [1.29, 1.82) is 0 Å². The second kappa shape index (κ2) is 8.50. The molecule has 5 rings (SSSR count). The van der Waals surface area contributed by atoms with Gasteiger partial charge in [0.15, 0.2) is 11.5 Å². The van der Waals surface area contributed by atoms with Crippen LogP contribution in [0.15, 0.2) is 48.7 Å². The van der Waals surface area contributed by atoms with Crippen molar-refractivity contribution >= 4 is 16.6 Å². The quantitative estimate of drug-likeness (QED) is 0.437. The van der Waals surface area contributed by atoms with Crippen LogP contribution in [0.3, 0.4) is 0 Å². The Kier molecular flexibility index (Phi) is 5.81. The van der Waals surface area contributed by atoms with E-state index in [1.165, 1.54) is 23.2 Å². The van der Waals surface area contributed by atoms with Crippen molar-refractivity contribution < 1.29 is 18.3 Å². The molecule has 36 heavy (non-hydrogen) atoms. The molecular formula is C26H29F3N6O. The van der Waals surface area contributed by atoms with E-state index in [2.05, 4.69) is 31.0 Å². The lowest BCUT2D eigenvalue weighted by atomic mass is 9.85. The fourth-order valence-electron chi connectivity index (χ4n) is 5.01. The fourth-order valence-corrected chi connectivity index (χ4v) is 5.01. The first-order valence-corrected chi connectivity index (χ1v) is 11.9. The third kappa shape index (κ3) is 4.33. The van der Waals surface area contributed by atoms with Gasteiger partial charge in [-0.3, -0.25) is 9.30 Å². The standard InChI is InChI=1S/C26H29F3N6O/c1-24(2,3)18-6-4-5-16-7-9-19(31-21(16)18)23-33-32-20-10-8-17(13-35(20)23)22(26(27,28)29)34-12-11-25(30,14-34)15-36/h4-10,13,22,36H,11-12,14-15,30H2,1-3H3/t22-,25?/m1/s1. The summed E-state index contributed by atoms with van der Waals surface area (Å²) in [5.74, 6) is 0.364. The number of fused-ring (bicyclic) bond motifs is 2. The summed E-state index contributed by atoms with van der Waals surface area (Å²) >= 11 is 0. The molecule has 4 heterocycles. The highest BCUT2D eigenvalue weighted by Gasteiger charge is 2.49. The normalized spacial score (nSPS) is 20.4. The van der Waals surface area contributed by atoms with Gasteiger partial charge in [-0.05, 0) is 35.1 Å². The molecule has 0 spiro atoms. The van der Waals surface area contributed by atoms with Crippen LogP contribution in [0.4, 0.5) is 13.2 Å². The Balaban J connectivity index is 1.61. The first-order chi connectivity index (χ1) is 16.9. The molecule has 3 aromatic heterocycles. The third-order valence-corrected chi connectivity index (χ3v) is 6.90. The van der Waals surface area contributed by atoms with Crippen molar-refractivity contribution in [3.05, 3.63) is 59.8 Å². The number of alkyl halides is 3. The molecule has 1 saturated heterocycles. The average molecular weight is 499 g/mol. The second-order valence-electron chi connectivity index (χ2n) is 10.7. The number of halogens is 3. The topological polar surface area (TPSA) is 92.6 Å². The lowest BCUT2D eigenvalue weighted by molar-refractivity contribution is -0.184. The third-order valence-electron chi connectivity index (χ3n) is 6.90. The smallest absolute Gasteiger partial charge is 0.394 e. The minimum absolute atomic E-state index is 0.0504. The molecular weight excluding hydrogens is 469 g/mol. The van der Waals surface area contributed by atoms with Gasteiger partial charge < -0.3 is 10.8 Å². The van der Waals surface area contributed by atoms with Gasteiger partial charge >= 0.3 is 6.18 Å². The molecule has 10 heteroatoms. The zero-order chi connectivity index (χ0) is 25.9. The van der Waals surface area contributed by atoms with Crippen LogP contribution in [0.1, 0.15) is 44.4 Å². The number of pyridine rings is 2. The number of likely N-dealkylation sites (tertiary alicyclic amines) is 1. The summed E-state index contributed by atoms with van der Waals surface area (Å²) in [7, 11) is 0. The summed E-state index contributed by atoms with van der Waals surface area (Å²) in [6.45, 7) is 6.04. The van der Waals surface area contributed by atoms with Crippen molar-refractivity contribution in [3.63, 3.8) is 0 Å². The van der Waals surface area contributed by atoms with Crippen LogP contribution in [0.25, 0.3) is 28.1 Å². The molecule has 1 fully saturated rings. The van der Waals surface area contributed by atoms with E-state index in [-0.39, 0.29) is 37.1 Å². The summed E-state index contributed by atoms with van der Waals surface area (Å²) in [6.07, 6.45) is -2.82. The van der Waals surface area contributed by atoms with E-state index in [1.807, 2.05) is 30.3 Å². The van der Waals surface area contributed by atoms with E-state index in [1.54, 1.807) is 4.40 Å². The number of aromatic nitrogens is 4. The average Bonchev–Trinajstić information content (AvgIpc) is 3.41. The van der Waals surface area contributed by atoms with Crippen LogP contribution >= 0.6 is 0 Å². The van der Waals surface area contributed by atoms with Crippen molar-refractivity contribution in [2.24, 2.45) is 5.73 Å². The molecule has 190 valence electrons. The first-order valence-electron chi connectivity index (χ1n) is 11.9. The van der Waals surface area contributed by atoms with Gasteiger partial charge in [-0.15, -0.1) is 10.2 Å².